The molecule has 1 aliphatic carbocycles. The van der Waals surface area contributed by atoms with Gasteiger partial charge in [-0.05, 0) is 48.6 Å². The number of pyridine rings is 1. The fourth-order valence-electron chi connectivity index (χ4n) is 4.56. The molecule has 0 saturated carbocycles. The number of halogens is 5. The summed E-state index contributed by atoms with van der Waals surface area (Å²) in [6.07, 6.45) is -2.23. The molecule has 182 valence electrons. The molecule has 2 heterocycles. The molecule has 0 spiro atoms. The summed E-state index contributed by atoms with van der Waals surface area (Å²) in [5, 5.41) is 5.74. The first kappa shape index (κ1) is 24.3. The lowest BCUT2D eigenvalue weighted by atomic mass is 9.96. The predicted molar refractivity (Wildman–Crippen MR) is 118 cm³/mol. The smallest absolute Gasteiger partial charge is 0.380 e. The van der Waals surface area contributed by atoms with Gasteiger partial charge < -0.3 is 15.5 Å². The highest BCUT2D eigenvalue weighted by molar-refractivity contribution is 6.30. The van der Waals surface area contributed by atoms with E-state index in [1.54, 1.807) is 6.07 Å². The molecule has 2 amide bonds. The van der Waals surface area contributed by atoms with Crippen LogP contribution in [0.3, 0.4) is 0 Å². The van der Waals surface area contributed by atoms with Gasteiger partial charge >= 0.3 is 6.18 Å². The number of anilines is 1. The van der Waals surface area contributed by atoms with Crippen molar-refractivity contribution in [2.24, 2.45) is 5.92 Å². The molecular formula is C23H23ClF4N4O2. The van der Waals surface area contributed by atoms with Crippen molar-refractivity contribution in [3.8, 4) is 0 Å². The lowest BCUT2D eigenvalue weighted by Crippen LogP contribution is -2.47. The van der Waals surface area contributed by atoms with E-state index in [4.69, 9.17) is 11.6 Å². The van der Waals surface area contributed by atoms with Crippen LogP contribution in [-0.2, 0) is 22.4 Å². The average Bonchev–Trinajstić information content (AvgIpc) is 3.20. The van der Waals surface area contributed by atoms with Crippen LogP contribution in [0.4, 0.5) is 23.2 Å². The number of hydrogen-bond donors (Lipinski definition) is 2. The number of carbonyl (C=O) groups is 2. The molecule has 11 heteroatoms. The van der Waals surface area contributed by atoms with Crippen molar-refractivity contribution >= 4 is 29.1 Å². The Kier molecular flexibility index (Phi) is 6.71. The lowest BCUT2D eigenvalue weighted by molar-refractivity contribution is -0.191. The second kappa shape index (κ2) is 9.40. The van der Waals surface area contributed by atoms with Crippen molar-refractivity contribution in [3.05, 3.63) is 58.1 Å². The molecule has 2 unspecified atom stereocenters. The summed E-state index contributed by atoms with van der Waals surface area (Å²) >= 11 is 5.84. The average molecular weight is 499 g/mol. The molecule has 6 nitrogen and oxygen atoms in total. The summed E-state index contributed by atoms with van der Waals surface area (Å²) in [5.74, 6) is -2.09. The number of piperidine rings is 1. The van der Waals surface area contributed by atoms with E-state index in [1.807, 2.05) is 0 Å². The standard InChI is InChI=1S/C23H23ClF4N4O2/c1-32(22(34)13-3-7-19(33)30-10-13)21(23(26,27)28)18-6-4-14(11-29-18)31-15-8-12-2-5-17(24)20(25)16(12)9-15/h2,4-6,11,13,15,21,31H,3,7-10H2,1H3,(H,30,33)/t13-,15?,21?/m0/s1. The molecule has 4 rings (SSSR count). The fraction of sp³-hybridized carbons (Fsp3) is 0.435. The van der Waals surface area contributed by atoms with E-state index in [9.17, 15) is 27.2 Å². The minimum atomic E-state index is -4.74. The van der Waals surface area contributed by atoms with E-state index in [1.165, 1.54) is 24.4 Å². The second-order valence-corrected chi connectivity index (χ2v) is 9.06. The third kappa shape index (κ3) is 4.96. The zero-order chi connectivity index (χ0) is 24.6. The Morgan fingerprint density at radius 1 is 1.26 bits per heavy atom. The maximum absolute atomic E-state index is 14.2. The summed E-state index contributed by atoms with van der Waals surface area (Å²) in [4.78, 5) is 28.7. The third-order valence-electron chi connectivity index (χ3n) is 6.31. The number of benzene rings is 1. The first-order valence-corrected chi connectivity index (χ1v) is 11.2. The van der Waals surface area contributed by atoms with Crippen molar-refractivity contribution < 1.29 is 27.2 Å². The van der Waals surface area contributed by atoms with E-state index in [2.05, 4.69) is 15.6 Å². The highest BCUT2D eigenvalue weighted by atomic mass is 35.5. The molecule has 1 aromatic carbocycles. The van der Waals surface area contributed by atoms with Crippen LogP contribution < -0.4 is 10.6 Å². The van der Waals surface area contributed by atoms with E-state index in [-0.39, 0.29) is 42.1 Å². The summed E-state index contributed by atoms with van der Waals surface area (Å²) in [6, 6.07) is 3.59. The molecule has 0 bridgehead atoms. The Morgan fingerprint density at radius 3 is 2.65 bits per heavy atom. The van der Waals surface area contributed by atoms with E-state index < -0.39 is 29.9 Å². The Bertz CT molecular complexity index is 1080. The first-order valence-electron chi connectivity index (χ1n) is 10.8. The van der Waals surface area contributed by atoms with Crippen molar-refractivity contribution in [3.63, 3.8) is 0 Å². The molecule has 34 heavy (non-hydrogen) atoms. The Labute approximate surface area is 198 Å². The number of nitrogens with zero attached hydrogens (tertiary/aromatic N) is 2. The normalized spacial score (nSPS) is 20.9. The second-order valence-electron chi connectivity index (χ2n) is 8.65. The molecule has 2 aromatic rings. The molecule has 0 radical (unpaired) electrons. The summed E-state index contributed by atoms with van der Waals surface area (Å²) in [5.41, 5.74) is 1.53. The number of nitrogens with one attached hydrogen (secondary N) is 2. The third-order valence-corrected chi connectivity index (χ3v) is 6.60. The Balaban J connectivity index is 1.46. The zero-order valence-corrected chi connectivity index (χ0v) is 19.0. The Morgan fingerprint density at radius 2 is 2.03 bits per heavy atom. The lowest BCUT2D eigenvalue weighted by Gasteiger charge is -2.33. The number of rotatable bonds is 5. The van der Waals surface area contributed by atoms with Gasteiger partial charge in [-0.1, -0.05) is 17.7 Å². The monoisotopic (exact) mass is 498 g/mol. The van der Waals surface area contributed by atoms with Gasteiger partial charge in [0.15, 0.2) is 6.04 Å². The van der Waals surface area contributed by atoms with Crippen molar-refractivity contribution in [2.75, 3.05) is 18.9 Å². The van der Waals surface area contributed by atoms with Gasteiger partial charge in [0.2, 0.25) is 11.8 Å². The van der Waals surface area contributed by atoms with Gasteiger partial charge in [0, 0.05) is 26.1 Å². The zero-order valence-electron chi connectivity index (χ0n) is 18.3. The van der Waals surface area contributed by atoms with Crippen molar-refractivity contribution in [2.45, 2.75) is 43.9 Å². The largest absolute Gasteiger partial charge is 0.414 e. The van der Waals surface area contributed by atoms with Gasteiger partial charge in [0.25, 0.3) is 0 Å². The topological polar surface area (TPSA) is 74.3 Å². The van der Waals surface area contributed by atoms with Gasteiger partial charge in [-0.2, -0.15) is 13.2 Å². The van der Waals surface area contributed by atoms with Crippen LogP contribution in [0.25, 0.3) is 0 Å². The van der Waals surface area contributed by atoms with Gasteiger partial charge in [0.05, 0.1) is 28.5 Å². The van der Waals surface area contributed by atoms with E-state index in [0.717, 1.165) is 12.6 Å². The molecule has 3 atom stereocenters. The van der Waals surface area contributed by atoms with Gasteiger partial charge in [-0.25, -0.2) is 4.39 Å². The van der Waals surface area contributed by atoms with E-state index in [0.29, 0.717) is 29.0 Å². The Hall–Kier alpha value is -2.88. The molecule has 1 saturated heterocycles. The van der Waals surface area contributed by atoms with Crippen LogP contribution in [0, 0.1) is 11.7 Å². The SMILES string of the molecule is CN(C(=O)[C@H]1CCC(=O)NC1)C(c1ccc(NC2Cc3ccc(Cl)c(F)c3C2)cn1)C(F)(F)F. The predicted octanol–water partition coefficient (Wildman–Crippen LogP) is 4.04. The first-order chi connectivity index (χ1) is 16.0. The van der Waals surface area contributed by atoms with Crippen LogP contribution in [0.15, 0.2) is 30.5 Å². The molecular weight excluding hydrogens is 476 g/mol. The molecule has 2 aliphatic rings. The quantitative estimate of drug-likeness (QED) is 0.610. The molecule has 1 fully saturated rings. The van der Waals surface area contributed by atoms with Crippen molar-refractivity contribution in [1.82, 2.24) is 15.2 Å². The molecule has 1 aromatic heterocycles. The number of fused-ring (bicyclic) bond motifs is 1. The number of aromatic nitrogens is 1. The minimum Gasteiger partial charge on any atom is -0.380 e. The maximum atomic E-state index is 14.2. The fourth-order valence-corrected chi connectivity index (χ4v) is 4.74. The van der Waals surface area contributed by atoms with Gasteiger partial charge in [-0.15, -0.1) is 0 Å². The van der Waals surface area contributed by atoms with Crippen molar-refractivity contribution in [1.29, 1.82) is 0 Å². The van der Waals surface area contributed by atoms with E-state index >= 15 is 0 Å². The number of amides is 2. The molecule has 2 N–H and O–H groups in total. The van der Waals surface area contributed by atoms with Crippen LogP contribution in [0.2, 0.25) is 5.02 Å². The van der Waals surface area contributed by atoms with Gasteiger partial charge in [0.1, 0.15) is 5.82 Å². The van der Waals surface area contributed by atoms with Crippen LogP contribution >= 0.6 is 11.6 Å². The van der Waals surface area contributed by atoms with Crippen LogP contribution in [0.1, 0.15) is 35.7 Å². The minimum absolute atomic E-state index is 0.0124. The number of hydrogen-bond acceptors (Lipinski definition) is 4. The highest BCUT2D eigenvalue weighted by Gasteiger charge is 2.47. The molecule has 1 aliphatic heterocycles. The maximum Gasteiger partial charge on any atom is 0.414 e. The van der Waals surface area contributed by atoms with Gasteiger partial charge in [-0.3, -0.25) is 14.6 Å². The summed E-state index contributed by atoms with van der Waals surface area (Å²) < 4.78 is 56.0. The van der Waals surface area contributed by atoms with Crippen LogP contribution in [-0.4, -0.2) is 47.5 Å². The summed E-state index contributed by atoms with van der Waals surface area (Å²) in [6.45, 7) is 0.0124. The number of alkyl halides is 3. The van der Waals surface area contributed by atoms with Crippen LogP contribution in [0.5, 0.6) is 0 Å². The number of carbonyl (C=O) groups excluding carboxylic acids is 2. The highest BCUT2D eigenvalue weighted by Crippen LogP contribution is 2.38. The summed E-state index contributed by atoms with van der Waals surface area (Å²) in [7, 11) is 1.10.